The van der Waals surface area contributed by atoms with Crippen LogP contribution in [-0.2, 0) is 4.74 Å². The summed E-state index contributed by atoms with van der Waals surface area (Å²) in [5, 5.41) is 3.82. The third-order valence-corrected chi connectivity index (χ3v) is 5.00. The molecule has 3 nitrogen and oxygen atoms in total. The zero-order chi connectivity index (χ0) is 12.3. The fourth-order valence-corrected chi connectivity index (χ4v) is 4.00. The lowest BCUT2D eigenvalue weighted by atomic mass is 9.80. The van der Waals surface area contributed by atoms with E-state index in [1.807, 2.05) is 0 Å². The minimum absolute atomic E-state index is 0.450. The van der Waals surface area contributed by atoms with Crippen LogP contribution in [0.3, 0.4) is 0 Å². The first-order valence-corrected chi connectivity index (χ1v) is 7.95. The van der Waals surface area contributed by atoms with Crippen LogP contribution < -0.4 is 5.32 Å². The average Bonchev–Trinajstić information content (AvgIpc) is 2.41. The molecule has 2 heterocycles. The van der Waals surface area contributed by atoms with Crippen LogP contribution in [0.5, 0.6) is 0 Å². The van der Waals surface area contributed by atoms with Crippen LogP contribution in [0, 0.1) is 0 Å². The lowest BCUT2D eigenvalue weighted by molar-refractivity contribution is -0.0189. The second-order valence-corrected chi connectivity index (χ2v) is 6.49. The van der Waals surface area contributed by atoms with Gasteiger partial charge in [-0.05, 0) is 32.1 Å². The molecule has 104 valence electrons. The molecule has 2 aliphatic heterocycles. The highest BCUT2D eigenvalue weighted by Gasteiger charge is 2.36. The van der Waals surface area contributed by atoms with E-state index in [0.29, 0.717) is 11.6 Å². The van der Waals surface area contributed by atoms with E-state index >= 15 is 0 Å². The van der Waals surface area contributed by atoms with Gasteiger partial charge in [-0.2, -0.15) is 0 Å². The monoisotopic (exact) mass is 252 g/mol. The van der Waals surface area contributed by atoms with Gasteiger partial charge in [0.2, 0.25) is 0 Å². The smallest absolute Gasteiger partial charge is 0.0702 e. The Bertz CT molecular complexity index is 252. The van der Waals surface area contributed by atoms with Crippen molar-refractivity contribution in [2.75, 3.05) is 32.8 Å². The molecule has 0 aromatic heterocycles. The minimum Gasteiger partial charge on any atom is -0.377 e. The zero-order valence-corrected chi connectivity index (χ0v) is 11.6. The summed E-state index contributed by atoms with van der Waals surface area (Å²) in [7, 11) is 0. The number of nitrogens with zero attached hydrogens (tertiary/aromatic N) is 1. The van der Waals surface area contributed by atoms with E-state index in [0.717, 1.165) is 6.61 Å². The van der Waals surface area contributed by atoms with Crippen molar-refractivity contribution in [1.29, 1.82) is 0 Å². The zero-order valence-electron chi connectivity index (χ0n) is 11.6. The number of rotatable bonds is 2. The SMILES string of the molecule is C1CCC2(CC1)CN(CC1CCCCO1)CCN2. The van der Waals surface area contributed by atoms with Gasteiger partial charge in [-0.3, -0.25) is 4.90 Å². The third-order valence-electron chi connectivity index (χ3n) is 5.00. The Hall–Kier alpha value is -0.120. The van der Waals surface area contributed by atoms with Crippen molar-refractivity contribution in [3.63, 3.8) is 0 Å². The van der Waals surface area contributed by atoms with Gasteiger partial charge >= 0.3 is 0 Å². The van der Waals surface area contributed by atoms with Crippen LogP contribution in [-0.4, -0.2) is 49.3 Å². The van der Waals surface area contributed by atoms with Gasteiger partial charge in [0.15, 0.2) is 0 Å². The molecule has 0 bridgehead atoms. The van der Waals surface area contributed by atoms with Crippen molar-refractivity contribution >= 4 is 0 Å². The number of hydrogen-bond acceptors (Lipinski definition) is 3. The maximum absolute atomic E-state index is 5.89. The van der Waals surface area contributed by atoms with E-state index < -0.39 is 0 Å². The maximum Gasteiger partial charge on any atom is 0.0702 e. The van der Waals surface area contributed by atoms with E-state index in [1.54, 1.807) is 0 Å². The fourth-order valence-electron chi connectivity index (χ4n) is 4.00. The lowest BCUT2D eigenvalue weighted by Crippen LogP contribution is -2.62. The van der Waals surface area contributed by atoms with Gasteiger partial charge in [0.05, 0.1) is 6.10 Å². The van der Waals surface area contributed by atoms with Gasteiger partial charge in [-0.1, -0.05) is 19.3 Å². The van der Waals surface area contributed by atoms with Gasteiger partial charge in [-0.25, -0.2) is 0 Å². The molecule has 0 aromatic rings. The molecule has 3 fully saturated rings. The Morgan fingerprint density at radius 3 is 2.78 bits per heavy atom. The normalized spacial score (nSPS) is 33.7. The number of ether oxygens (including phenoxy) is 1. The Morgan fingerprint density at radius 1 is 1.11 bits per heavy atom. The van der Waals surface area contributed by atoms with Crippen molar-refractivity contribution in [3.8, 4) is 0 Å². The molecule has 0 radical (unpaired) electrons. The highest BCUT2D eigenvalue weighted by molar-refractivity contribution is 4.97. The largest absolute Gasteiger partial charge is 0.377 e. The fraction of sp³-hybridized carbons (Fsp3) is 1.00. The van der Waals surface area contributed by atoms with E-state index in [-0.39, 0.29) is 0 Å². The molecule has 1 saturated carbocycles. The first kappa shape index (κ1) is 12.9. The Morgan fingerprint density at radius 2 is 2.00 bits per heavy atom. The molecular weight excluding hydrogens is 224 g/mol. The molecule has 1 N–H and O–H groups in total. The molecule has 3 rings (SSSR count). The van der Waals surface area contributed by atoms with Crippen molar-refractivity contribution in [2.45, 2.75) is 63.0 Å². The maximum atomic E-state index is 5.89. The van der Waals surface area contributed by atoms with Crippen LogP contribution >= 0.6 is 0 Å². The number of piperazine rings is 1. The van der Waals surface area contributed by atoms with Crippen molar-refractivity contribution < 1.29 is 4.74 Å². The van der Waals surface area contributed by atoms with Crippen molar-refractivity contribution in [3.05, 3.63) is 0 Å². The van der Waals surface area contributed by atoms with Crippen molar-refractivity contribution in [2.24, 2.45) is 0 Å². The summed E-state index contributed by atoms with van der Waals surface area (Å²) in [4.78, 5) is 2.66. The minimum atomic E-state index is 0.450. The summed E-state index contributed by atoms with van der Waals surface area (Å²) >= 11 is 0. The Balaban J connectivity index is 1.52. The average molecular weight is 252 g/mol. The van der Waals surface area contributed by atoms with Crippen LogP contribution in [0.1, 0.15) is 51.4 Å². The predicted octanol–water partition coefficient (Wildman–Crippen LogP) is 2.16. The summed E-state index contributed by atoms with van der Waals surface area (Å²) in [6.07, 6.45) is 11.5. The van der Waals surface area contributed by atoms with Crippen molar-refractivity contribution in [1.82, 2.24) is 10.2 Å². The Kier molecular flexibility index (Phi) is 4.22. The standard InChI is InChI=1S/C15H28N2O/c1-3-7-15(8-4-1)13-17(10-9-16-15)12-14-6-2-5-11-18-14/h14,16H,1-13H2. The summed E-state index contributed by atoms with van der Waals surface area (Å²) in [5.41, 5.74) is 0.450. The van der Waals surface area contributed by atoms with Crippen LogP contribution in [0.15, 0.2) is 0 Å². The number of hydrogen-bond donors (Lipinski definition) is 1. The summed E-state index contributed by atoms with van der Waals surface area (Å²) < 4.78 is 5.89. The van der Waals surface area contributed by atoms with E-state index in [1.165, 1.54) is 77.5 Å². The molecule has 18 heavy (non-hydrogen) atoms. The summed E-state index contributed by atoms with van der Waals surface area (Å²) in [6.45, 7) is 5.80. The van der Waals surface area contributed by atoms with Gasteiger partial charge in [0.1, 0.15) is 0 Å². The molecular formula is C15H28N2O. The predicted molar refractivity (Wildman–Crippen MR) is 73.8 cm³/mol. The van der Waals surface area contributed by atoms with Gasteiger partial charge in [0.25, 0.3) is 0 Å². The second kappa shape index (κ2) is 5.89. The molecule has 1 atom stereocenters. The van der Waals surface area contributed by atoms with E-state index in [9.17, 15) is 0 Å². The highest BCUT2D eigenvalue weighted by Crippen LogP contribution is 2.30. The molecule has 1 spiro atoms. The van der Waals surface area contributed by atoms with Gasteiger partial charge in [0, 0.05) is 38.3 Å². The molecule has 3 aliphatic rings. The molecule has 2 saturated heterocycles. The molecule has 1 aliphatic carbocycles. The van der Waals surface area contributed by atoms with E-state index in [2.05, 4.69) is 10.2 Å². The first-order valence-electron chi connectivity index (χ1n) is 7.95. The highest BCUT2D eigenvalue weighted by atomic mass is 16.5. The van der Waals surface area contributed by atoms with Crippen LogP contribution in [0.2, 0.25) is 0 Å². The molecule has 0 amide bonds. The number of nitrogens with one attached hydrogen (secondary N) is 1. The lowest BCUT2D eigenvalue weighted by Gasteiger charge is -2.47. The molecule has 1 unspecified atom stereocenters. The van der Waals surface area contributed by atoms with Crippen LogP contribution in [0.4, 0.5) is 0 Å². The topological polar surface area (TPSA) is 24.5 Å². The van der Waals surface area contributed by atoms with Gasteiger partial charge < -0.3 is 10.1 Å². The van der Waals surface area contributed by atoms with E-state index in [4.69, 9.17) is 4.74 Å². The second-order valence-electron chi connectivity index (χ2n) is 6.49. The van der Waals surface area contributed by atoms with Crippen LogP contribution in [0.25, 0.3) is 0 Å². The summed E-state index contributed by atoms with van der Waals surface area (Å²) in [6, 6.07) is 0. The third kappa shape index (κ3) is 3.06. The molecule has 0 aromatic carbocycles. The first-order chi connectivity index (χ1) is 8.86. The Labute approximate surface area is 111 Å². The molecule has 3 heteroatoms. The summed E-state index contributed by atoms with van der Waals surface area (Å²) in [5.74, 6) is 0. The quantitative estimate of drug-likeness (QED) is 0.815. The van der Waals surface area contributed by atoms with Gasteiger partial charge in [-0.15, -0.1) is 0 Å².